The highest BCUT2D eigenvalue weighted by Crippen LogP contribution is 2.20. The molecule has 1 N–H and O–H groups in total. The number of nitrogens with one attached hydrogen (secondary N) is 1. The zero-order chi connectivity index (χ0) is 8.81. The van der Waals surface area contributed by atoms with E-state index >= 15 is 0 Å². The van der Waals surface area contributed by atoms with Crippen molar-refractivity contribution in [2.45, 2.75) is 46.0 Å². The Morgan fingerprint density at radius 3 is 3.00 bits per heavy atom. The number of hydrogen-bond acceptors (Lipinski definition) is 2. The summed E-state index contributed by atoms with van der Waals surface area (Å²) in [7, 11) is 0. The van der Waals surface area contributed by atoms with E-state index in [1.165, 1.54) is 31.4 Å². The van der Waals surface area contributed by atoms with E-state index in [-0.39, 0.29) is 0 Å². The van der Waals surface area contributed by atoms with Crippen LogP contribution in [0.15, 0.2) is 5.10 Å². The van der Waals surface area contributed by atoms with Crippen LogP contribution in [0.25, 0.3) is 0 Å². The van der Waals surface area contributed by atoms with Crippen LogP contribution in [0.1, 0.15) is 46.0 Å². The van der Waals surface area contributed by atoms with Crippen molar-refractivity contribution < 1.29 is 0 Å². The molecular formula is C10H20N2. The minimum atomic E-state index is 0.711. The third-order valence-corrected chi connectivity index (χ3v) is 2.47. The minimum absolute atomic E-state index is 0.711. The van der Waals surface area contributed by atoms with Crippen LogP contribution in [0.3, 0.4) is 0 Å². The zero-order valence-corrected chi connectivity index (χ0v) is 8.27. The fraction of sp³-hybridized carbons (Fsp3) is 0.900. The smallest absolute Gasteiger partial charge is 0.0406 e. The Hall–Kier alpha value is -0.530. The Morgan fingerprint density at radius 1 is 1.50 bits per heavy atom. The largest absolute Gasteiger partial charge is 0.310 e. The lowest BCUT2D eigenvalue weighted by Gasteiger charge is -2.19. The average Bonchev–Trinajstić information content (AvgIpc) is 2.09. The second kappa shape index (κ2) is 5.18. The van der Waals surface area contributed by atoms with Gasteiger partial charge in [-0.05, 0) is 31.6 Å². The third-order valence-electron chi connectivity index (χ3n) is 2.47. The van der Waals surface area contributed by atoms with Crippen LogP contribution < -0.4 is 5.43 Å². The molecule has 1 atom stereocenters. The first-order chi connectivity index (χ1) is 5.84. The SMILES string of the molecule is CCCN/N=C1/CCCCC1C. The highest BCUT2D eigenvalue weighted by atomic mass is 15.3. The maximum Gasteiger partial charge on any atom is 0.0406 e. The van der Waals surface area contributed by atoms with Gasteiger partial charge in [0.2, 0.25) is 0 Å². The van der Waals surface area contributed by atoms with Crippen LogP contribution in [-0.2, 0) is 0 Å². The summed E-state index contributed by atoms with van der Waals surface area (Å²) in [6.45, 7) is 5.46. The van der Waals surface area contributed by atoms with Gasteiger partial charge in [-0.2, -0.15) is 5.10 Å². The normalized spacial score (nSPS) is 27.5. The van der Waals surface area contributed by atoms with E-state index in [2.05, 4.69) is 24.4 Å². The van der Waals surface area contributed by atoms with Gasteiger partial charge in [-0.15, -0.1) is 0 Å². The molecule has 70 valence electrons. The Labute approximate surface area is 75.4 Å². The van der Waals surface area contributed by atoms with Gasteiger partial charge in [-0.3, -0.25) is 0 Å². The molecule has 0 aromatic heterocycles. The molecule has 0 aromatic carbocycles. The highest BCUT2D eigenvalue weighted by Gasteiger charge is 2.15. The van der Waals surface area contributed by atoms with Gasteiger partial charge in [-0.25, -0.2) is 0 Å². The summed E-state index contributed by atoms with van der Waals surface area (Å²) >= 11 is 0. The van der Waals surface area contributed by atoms with Crippen LogP contribution >= 0.6 is 0 Å². The number of nitrogens with zero attached hydrogens (tertiary/aromatic N) is 1. The van der Waals surface area contributed by atoms with Crippen molar-refractivity contribution in [1.82, 2.24) is 5.43 Å². The monoisotopic (exact) mass is 168 g/mol. The molecule has 1 rings (SSSR count). The lowest BCUT2D eigenvalue weighted by atomic mass is 9.89. The fourth-order valence-corrected chi connectivity index (χ4v) is 1.60. The number of rotatable bonds is 3. The van der Waals surface area contributed by atoms with Gasteiger partial charge in [0.25, 0.3) is 0 Å². The molecule has 0 heterocycles. The summed E-state index contributed by atoms with van der Waals surface area (Å²) in [4.78, 5) is 0. The first-order valence-electron chi connectivity index (χ1n) is 5.14. The van der Waals surface area contributed by atoms with Crippen molar-refractivity contribution in [1.29, 1.82) is 0 Å². The van der Waals surface area contributed by atoms with Crippen LogP contribution in [-0.4, -0.2) is 12.3 Å². The first-order valence-corrected chi connectivity index (χ1v) is 5.14. The van der Waals surface area contributed by atoms with E-state index in [1.807, 2.05) is 0 Å². The average molecular weight is 168 g/mol. The molecule has 2 nitrogen and oxygen atoms in total. The molecule has 2 heteroatoms. The molecule has 0 saturated heterocycles. The molecule has 1 aliphatic carbocycles. The standard InChI is InChI=1S/C10H20N2/c1-3-8-11-12-10-7-5-4-6-9(10)2/h9,11H,3-8H2,1-2H3/b12-10-. The van der Waals surface area contributed by atoms with Gasteiger partial charge >= 0.3 is 0 Å². The second-order valence-corrected chi connectivity index (χ2v) is 3.66. The van der Waals surface area contributed by atoms with Gasteiger partial charge in [0.05, 0.1) is 0 Å². The van der Waals surface area contributed by atoms with E-state index in [0.717, 1.165) is 13.0 Å². The topological polar surface area (TPSA) is 24.4 Å². The summed E-state index contributed by atoms with van der Waals surface area (Å²) in [5, 5.41) is 4.42. The molecule has 0 radical (unpaired) electrons. The van der Waals surface area contributed by atoms with Crippen molar-refractivity contribution in [3.05, 3.63) is 0 Å². The Kier molecular flexibility index (Phi) is 4.12. The zero-order valence-electron chi connectivity index (χ0n) is 8.27. The van der Waals surface area contributed by atoms with Crippen LogP contribution in [0.2, 0.25) is 0 Å². The molecular weight excluding hydrogens is 148 g/mol. The molecule has 1 unspecified atom stereocenters. The van der Waals surface area contributed by atoms with E-state index in [1.54, 1.807) is 0 Å². The van der Waals surface area contributed by atoms with Gasteiger partial charge < -0.3 is 5.43 Å². The van der Waals surface area contributed by atoms with Crippen molar-refractivity contribution >= 4 is 5.71 Å². The molecule has 1 aliphatic rings. The summed E-state index contributed by atoms with van der Waals surface area (Å²) in [5.74, 6) is 0.711. The maximum absolute atomic E-state index is 4.42. The van der Waals surface area contributed by atoms with E-state index in [0.29, 0.717) is 5.92 Å². The fourth-order valence-electron chi connectivity index (χ4n) is 1.60. The molecule has 0 aromatic rings. The van der Waals surface area contributed by atoms with Gasteiger partial charge in [0.1, 0.15) is 0 Å². The van der Waals surface area contributed by atoms with Gasteiger partial charge in [0.15, 0.2) is 0 Å². The van der Waals surface area contributed by atoms with Gasteiger partial charge in [-0.1, -0.05) is 20.3 Å². The van der Waals surface area contributed by atoms with Gasteiger partial charge in [0, 0.05) is 12.3 Å². The Balaban J connectivity index is 2.31. The third kappa shape index (κ3) is 2.84. The van der Waals surface area contributed by atoms with Crippen LogP contribution in [0.5, 0.6) is 0 Å². The highest BCUT2D eigenvalue weighted by molar-refractivity contribution is 5.86. The van der Waals surface area contributed by atoms with Crippen LogP contribution in [0, 0.1) is 5.92 Å². The molecule has 0 amide bonds. The summed E-state index contributed by atoms with van der Waals surface area (Å²) in [6.07, 6.45) is 6.40. The summed E-state index contributed by atoms with van der Waals surface area (Å²) in [6, 6.07) is 0. The molecule has 12 heavy (non-hydrogen) atoms. The summed E-state index contributed by atoms with van der Waals surface area (Å²) in [5.41, 5.74) is 4.51. The summed E-state index contributed by atoms with van der Waals surface area (Å²) < 4.78 is 0. The second-order valence-electron chi connectivity index (χ2n) is 3.66. The van der Waals surface area contributed by atoms with Crippen molar-refractivity contribution in [3.63, 3.8) is 0 Å². The van der Waals surface area contributed by atoms with Crippen molar-refractivity contribution in [2.75, 3.05) is 6.54 Å². The molecule has 1 fully saturated rings. The van der Waals surface area contributed by atoms with E-state index in [4.69, 9.17) is 0 Å². The first kappa shape index (κ1) is 9.56. The lowest BCUT2D eigenvalue weighted by molar-refractivity contribution is 0.549. The molecule has 1 saturated carbocycles. The Morgan fingerprint density at radius 2 is 2.33 bits per heavy atom. The molecule has 0 spiro atoms. The number of hydrazone groups is 1. The minimum Gasteiger partial charge on any atom is -0.310 e. The molecule has 0 bridgehead atoms. The van der Waals surface area contributed by atoms with Crippen molar-refractivity contribution in [3.8, 4) is 0 Å². The van der Waals surface area contributed by atoms with E-state index < -0.39 is 0 Å². The predicted molar refractivity (Wildman–Crippen MR) is 53.4 cm³/mol. The maximum atomic E-state index is 4.42. The Bertz CT molecular complexity index is 152. The quantitative estimate of drug-likeness (QED) is 0.508. The molecule has 0 aliphatic heterocycles. The number of hydrogen-bond donors (Lipinski definition) is 1. The van der Waals surface area contributed by atoms with E-state index in [9.17, 15) is 0 Å². The lowest BCUT2D eigenvalue weighted by Crippen LogP contribution is -2.20. The van der Waals surface area contributed by atoms with Crippen molar-refractivity contribution in [2.24, 2.45) is 11.0 Å². The predicted octanol–water partition coefficient (Wildman–Crippen LogP) is 2.55. The van der Waals surface area contributed by atoms with Crippen LogP contribution in [0.4, 0.5) is 0 Å².